The monoisotopic (exact) mass is 416 g/mol. The number of rotatable bonds is 7. The maximum Gasteiger partial charge on any atom is 0.416 e. The number of hydrogen-bond donors (Lipinski definition) is 3. The quantitative estimate of drug-likeness (QED) is 0.605. The van der Waals surface area contributed by atoms with Gasteiger partial charge in [-0.15, -0.1) is 0 Å². The lowest BCUT2D eigenvalue weighted by Crippen LogP contribution is -2.26. The molecular formula is C18H19F3N2O4S. The molecule has 0 aliphatic carbocycles. The van der Waals surface area contributed by atoms with Crippen molar-refractivity contribution >= 4 is 21.6 Å². The predicted octanol–water partition coefficient (Wildman–Crippen LogP) is 2.93. The predicted molar refractivity (Wildman–Crippen MR) is 97.5 cm³/mol. The van der Waals surface area contributed by atoms with Crippen LogP contribution in [0.15, 0.2) is 47.4 Å². The lowest BCUT2D eigenvalue weighted by atomic mass is 10.1. The molecule has 0 atom stereocenters. The van der Waals surface area contributed by atoms with Crippen molar-refractivity contribution in [3.05, 3.63) is 59.2 Å². The zero-order valence-corrected chi connectivity index (χ0v) is 15.7. The van der Waals surface area contributed by atoms with Gasteiger partial charge < -0.3 is 10.4 Å². The zero-order valence-electron chi connectivity index (χ0n) is 14.9. The second-order valence-corrected chi connectivity index (χ2v) is 7.75. The van der Waals surface area contributed by atoms with Crippen LogP contribution in [0.3, 0.4) is 0 Å². The SMILES string of the molecule is Cc1ccc(S(=O)(=O)NCCCO)cc1C(=O)Nc1cccc(C(F)(F)F)c1. The Morgan fingerprint density at radius 3 is 2.50 bits per heavy atom. The lowest BCUT2D eigenvalue weighted by Gasteiger charge is -2.12. The number of aliphatic hydroxyl groups excluding tert-OH is 1. The minimum absolute atomic E-state index is 0.0162. The van der Waals surface area contributed by atoms with E-state index in [1.165, 1.54) is 18.2 Å². The van der Waals surface area contributed by atoms with Gasteiger partial charge in [0.2, 0.25) is 10.0 Å². The van der Waals surface area contributed by atoms with Crippen LogP contribution in [-0.2, 0) is 16.2 Å². The highest BCUT2D eigenvalue weighted by molar-refractivity contribution is 7.89. The molecular weight excluding hydrogens is 397 g/mol. The Morgan fingerprint density at radius 2 is 1.86 bits per heavy atom. The molecule has 10 heteroatoms. The molecule has 2 aromatic carbocycles. The molecule has 6 nitrogen and oxygen atoms in total. The molecule has 0 aliphatic heterocycles. The first-order valence-electron chi connectivity index (χ1n) is 8.24. The molecule has 2 aromatic rings. The van der Waals surface area contributed by atoms with E-state index in [1.54, 1.807) is 6.92 Å². The standard InChI is InChI=1S/C18H19F3N2O4S/c1-12-6-7-15(28(26,27)22-8-3-9-24)11-16(12)17(25)23-14-5-2-4-13(10-14)18(19,20)21/h2,4-7,10-11,22,24H,3,8-9H2,1H3,(H,23,25). The van der Waals surface area contributed by atoms with Gasteiger partial charge in [0, 0.05) is 24.4 Å². The minimum Gasteiger partial charge on any atom is -0.396 e. The molecule has 0 heterocycles. The van der Waals surface area contributed by atoms with E-state index in [0.717, 1.165) is 24.3 Å². The number of benzene rings is 2. The van der Waals surface area contributed by atoms with Crippen LogP contribution in [0.2, 0.25) is 0 Å². The van der Waals surface area contributed by atoms with Crippen molar-refractivity contribution in [2.24, 2.45) is 0 Å². The van der Waals surface area contributed by atoms with Gasteiger partial charge >= 0.3 is 6.18 Å². The Kier molecular flexibility index (Phi) is 6.81. The van der Waals surface area contributed by atoms with Crippen LogP contribution in [0.1, 0.15) is 27.9 Å². The Balaban J connectivity index is 2.27. The van der Waals surface area contributed by atoms with Crippen molar-refractivity contribution in [3.8, 4) is 0 Å². The Labute approximate surface area is 160 Å². The maximum atomic E-state index is 12.8. The van der Waals surface area contributed by atoms with E-state index in [9.17, 15) is 26.4 Å². The molecule has 0 spiro atoms. The first-order chi connectivity index (χ1) is 13.0. The first-order valence-corrected chi connectivity index (χ1v) is 9.72. The largest absolute Gasteiger partial charge is 0.416 e. The number of amides is 1. The van der Waals surface area contributed by atoms with E-state index >= 15 is 0 Å². The molecule has 0 bridgehead atoms. The normalized spacial score (nSPS) is 12.0. The molecule has 3 N–H and O–H groups in total. The molecule has 28 heavy (non-hydrogen) atoms. The zero-order chi connectivity index (χ0) is 20.9. The molecule has 1 amide bonds. The third kappa shape index (κ3) is 5.54. The number of carbonyl (C=O) groups is 1. The van der Waals surface area contributed by atoms with Crippen LogP contribution < -0.4 is 10.0 Å². The number of aryl methyl sites for hydroxylation is 1. The number of anilines is 1. The Hall–Kier alpha value is -2.43. The fraction of sp³-hybridized carbons (Fsp3) is 0.278. The average Bonchev–Trinajstić information content (AvgIpc) is 2.61. The van der Waals surface area contributed by atoms with Crippen LogP contribution >= 0.6 is 0 Å². The molecule has 2 rings (SSSR count). The van der Waals surface area contributed by atoms with E-state index in [-0.39, 0.29) is 35.7 Å². The summed E-state index contributed by atoms with van der Waals surface area (Å²) in [5.74, 6) is -0.732. The molecule has 0 saturated heterocycles. The summed E-state index contributed by atoms with van der Waals surface area (Å²) >= 11 is 0. The number of alkyl halides is 3. The smallest absolute Gasteiger partial charge is 0.396 e. The van der Waals surface area contributed by atoms with Crippen LogP contribution in [-0.4, -0.2) is 32.6 Å². The average molecular weight is 416 g/mol. The Bertz CT molecular complexity index is 960. The van der Waals surface area contributed by atoms with Crippen molar-refractivity contribution in [2.75, 3.05) is 18.5 Å². The third-order valence-corrected chi connectivity index (χ3v) is 5.30. The van der Waals surface area contributed by atoms with Gasteiger partial charge in [0.1, 0.15) is 0 Å². The van der Waals surface area contributed by atoms with Crippen molar-refractivity contribution in [3.63, 3.8) is 0 Å². The summed E-state index contributed by atoms with van der Waals surface area (Å²) in [6.07, 6.45) is -4.32. The van der Waals surface area contributed by atoms with Crippen molar-refractivity contribution in [1.82, 2.24) is 4.72 Å². The Morgan fingerprint density at radius 1 is 1.14 bits per heavy atom. The summed E-state index contributed by atoms with van der Waals surface area (Å²) in [4.78, 5) is 12.3. The van der Waals surface area contributed by atoms with Gasteiger partial charge in [0.05, 0.1) is 10.5 Å². The van der Waals surface area contributed by atoms with Gasteiger partial charge in [-0.3, -0.25) is 4.79 Å². The molecule has 0 radical (unpaired) electrons. The summed E-state index contributed by atoms with van der Waals surface area (Å²) in [6.45, 7) is 1.43. The number of sulfonamides is 1. The van der Waals surface area contributed by atoms with Crippen molar-refractivity contribution in [2.45, 2.75) is 24.4 Å². The highest BCUT2D eigenvalue weighted by Crippen LogP contribution is 2.30. The molecule has 0 saturated carbocycles. The van der Waals surface area contributed by atoms with E-state index in [0.29, 0.717) is 5.56 Å². The van der Waals surface area contributed by atoms with Gasteiger partial charge in [0.15, 0.2) is 0 Å². The van der Waals surface area contributed by atoms with E-state index in [2.05, 4.69) is 10.0 Å². The fourth-order valence-electron chi connectivity index (χ4n) is 2.35. The molecule has 0 aliphatic rings. The number of halogens is 3. The van der Waals surface area contributed by atoms with Crippen molar-refractivity contribution < 1.29 is 31.5 Å². The summed E-state index contributed by atoms with van der Waals surface area (Å²) in [7, 11) is -3.89. The summed E-state index contributed by atoms with van der Waals surface area (Å²) in [5.41, 5.74) is -0.499. The highest BCUT2D eigenvalue weighted by Gasteiger charge is 2.30. The summed E-state index contributed by atoms with van der Waals surface area (Å²) in [5, 5.41) is 11.1. The lowest BCUT2D eigenvalue weighted by molar-refractivity contribution is -0.137. The van der Waals surface area contributed by atoms with E-state index < -0.39 is 27.7 Å². The number of nitrogens with one attached hydrogen (secondary N) is 2. The molecule has 0 aromatic heterocycles. The van der Waals surface area contributed by atoms with E-state index in [1.807, 2.05) is 0 Å². The minimum atomic E-state index is -4.55. The van der Waals surface area contributed by atoms with Crippen LogP contribution in [0, 0.1) is 6.92 Å². The second kappa shape index (κ2) is 8.72. The third-order valence-electron chi connectivity index (χ3n) is 3.84. The topological polar surface area (TPSA) is 95.5 Å². The highest BCUT2D eigenvalue weighted by atomic mass is 32.2. The fourth-order valence-corrected chi connectivity index (χ4v) is 3.45. The maximum absolute atomic E-state index is 12.8. The van der Waals surface area contributed by atoms with Gasteiger partial charge in [-0.2, -0.15) is 13.2 Å². The van der Waals surface area contributed by atoms with Crippen LogP contribution in [0.4, 0.5) is 18.9 Å². The van der Waals surface area contributed by atoms with Gasteiger partial charge in [-0.05, 0) is 49.2 Å². The van der Waals surface area contributed by atoms with E-state index in [4.69, 9.17) is 5.11 Å². The summed E-state index contributed by atoms with van der Waals surface area (Å²) in [6, 6.07) is 8.05. The molecule has 152 valence electrons. The van der Waals surface area contributed by atoms with Gasteiger partial charge in [-0.1, -0.05) is 12.1 Å². The second-order valence-electron chi connectivity index (χ2n) is 5.98. The van der Waals surface area contributed by atoms with Gasteiger partial charge in [0.25, 0.3) is 5.91 Å². The first kappa shape index (κ1) is 21.9. The molecule has 0 fully saturated rings. The number of aliphatic hydroxyl groups is 1. The van der Waals surface area contributed by atoms with Crippen molar-refractivity contribution in [1.29, 1.82) is 0 Å². The summed E-state index contributed by atoms with van der Waals surface area (Å²) < 4.78 is 65.2. The van der Waals surface area contributed by atoms with Crippen LogP contribution in [0.5, 0.6) is 0 Å². The number of hydrogen-bond acceptors (Lipinski definition) is 4. The molecule has 0 unspecified atom stereocenters. The number of carbonyl (C=O) groups excluding carboxylic acids is 1. The van der Waals surface area contributed by atoms with Crippen LogP contribution in [0.25, 0.3) is 0 Å². The van der Waals surface area contributed by atoms with Gasteiger partial charge in [-0.25, -0.2) is 13.1 Å².